The van der Waals surface area contributed by atoms with Crippen LogP contribution in [0, 0.1) is 0 Å². The van der Waals surface area contributed by atoms with E-state index in [0.717, 1.165) is 31.8 Å². The Hall–Kier alpha value is -1.98. The van der Waals surface area contributed by atoms with Gasteiger partial charge in [-0.25, -0.2) is 4.68 Å². The molecule has 0 radical (unpaired) electrons. The van der Waals surface area contributed by atoms with Gasteiger partial charge in [-0.15, -0.1) is 11.3 Å². The molecule has 1 aromatic heterocycles. The van der Waals surface area contributed by atoms with Gasteiger partial charge in [0.25, 0.3) is 0 Å². The molecule has 23 heavy (non-hydrogen) atoms. The number of thiazole rings is 1. The molecule has 0 aliphatic rings. The van der Waals surface area contributed by atoms with Gasteiger partial charge in [0, 0.05) is 22.5 Å². The van der Waals surface area contributed by atoms with Crippen molar-refractivity contribution in [3.63, 3.8) is 0 Å². The second-order valence-corrected chi connectivity index (χ2v) is 6.75. The van der Waals surface area contributed by atoms with Crippen molar-refractivity contribution >= 4 is 33.0 Å². The van der Waals surface area contributed by atoms with E-state index >= 15 is 0 Å². The highest BCUT2D eigenvalue weighted by atomic mass is 79.9. The number of aromatic nitrogens is 1. The summed E-state index contributed by atoms with van der Waals surface area (Å²) in [7, 11) is 1.79. The van der Waals surface area contributed by atoms with Gasteiger partial charge in [0.1, 0.15) is 0 Å². The Morgan fingerprint density at radius 2 is 1.74 bits per heavy atom. The second kappa shape index (κ2) is 7.06. The van der Waals surface area contributed by atoms with E-state index in [1.165, 1.54) is 0 Å². The normalized spacial score (nSPS) is 12.7. The molecule has 0 saturated carbocycles. The molecular formula is C18H16BrN3S. The summed E-state index contributed by atoms with van der Waals surface area (Å²) >= 11 is 5.05. The van der Waals surface area contributed by atoms with Crippen LogP contribution in [0.5, 0.6) is 0 Å². The number of hydrogen-bond acceptors (Lipinski definition) is 3. The van der Waals surface area contributed by atoms with E-state index in [0.29, 0.717) is 0 Å². The summed E-state index contributed by atoms with van der Waals surface area (Å²) in [6, 6.07) is 18.4. The maximum Gasteiger partial charge on any atom is 0.205 e. The lowest BCUT2D eigenvalue weighted by Crippen LogP contribution is -2.13. The predicted molar refractivity (Wildman–Crippen MR) is 101 cm³/mol. The highest BCUT2D eigenvalue weighted by molar-refractivity contribution is 9.10. The van der Waals surface area contributed by atoms with Crippen LogP contribution in [-0.2, 0) is 0 Å². The van der Waals surface area contributed by atoms with Crippen molar-refractivity contribution in [2.45, 2.75) is 6.92 Å². The van der Waals surface area contributed by atoms with Crippen molar-refractivity contribution in [2.24, 2.45) is 10.1 Å². The molecule has 0 fully saturated rings. The third-order valence-corrected chi connectivity index (χ3v) is 4.89. The smallest absolute Gasteiger partial charge is 0.205 e. The fraction of sp³-hybridized carbons (Fsp3) is 0.111. The summed E-state index contributed by atoms with van der Waals surface area (Å²) in [5, 5.41) is 6.89. The van der Waals surface area contributed by atoms with Crippen LogP contribution in [0.25, 0.3) is 11.3 Å². The average molecular weight is 386 g/mol. The standard InChI is InChI=1S/C18H16BrN3S/c1-13(14-8-10-16(19)11-9-14)21-22-17(12-23-18(22)20-2)15-6-4-3-5-7-15/h3-12H,1-2H3. The number of benzene rings is 2. The van der Waals surface area contributed by atoms with Crippen LogP contribution >= 0.6 is 27.3 Å². The maximum absolute atomic E-state index is 4.80. The molecule has 0 unspecified atom stereocenters. The zero-order valence-corrected chi connectivity index (χ0v) is 15.3. The van der Waals surface area contributed by atoms with Gasteiger partial charge in [-0.2, -0.15) is 5.10 Å². The van der Waals surface area contributed by atoms with Crippen LogP contribution in [0.1, 0.15) is 12.5 Å². The Bertz CT molecular complexity index is 890. The lowest BCUT2D eigenvalue weighted by molar-refractivity contribution is 0.842. The van der Waals surface area contributed by atoms with Gasteiger partial charge in [0.2, 0.25) is 4.80 Å². The SMILES string of the molecule is CN=c1scc(-c2ccccc2)n1N=C(C)c1ccc(Br)cc1. The molecule has 3 rings (SSSR count). The molecule has 3 aromatic rings. The first-order chi connectivity index (χ1) is 11.2. The first kappa shape index (κ1) is 15.9. The molecule has 116 valence electrons. The first-order valence-corrected chi connectivity index (χ1v) is 8.86. The lowest BCUT2D eigenvalue weighted by Gasteiger charge is -2.06. The zero-order chi connectivity index (χ0) is 16.2. The van der Waals surface area contributed by atoms with Gasteiger partial charge in [-0.1, -0.05) is 58.4 Å². The first-order valence-electron chi connectivity index (χ1n) is 7.19. The Morgan fingerprint density at radius 1 is 1.04 bits per heavy atom. The van der Waals surface area contributed by atoms with Gasteiger partial charge in [0.15, 0.2) is 0 Å². The van der Waals surface area contributed by atoms with Crippen molar-refractivity contribution in [2.75, 3.05) is 7.05 Å². The van der Waals surface area contributed by atoms with Gasteiger partial charge < -0.3 is 0 Å². The Kier molecular flexibility index (Phi) is 4.88. The monoisotopic (exact) mass is 385 g/mol. The molecule has 0 bridgehead atoms. The minimum atomic E-state index is 0.875. The summed E-state index contributed by atoms with van der Waals surface area (Å²) in [6.45, 7) is 2.02. The molecule has 3 nitrogen and oxygen atoms in total. The summed E-state index contributed by atoms with van der Waals surface area (Å²) in [5.41, 5.74) is 4.22. The largest absolute Gasteiger partial charge is 0.261 e. The molecular weight excluding hydrogens is 370 g/mol. The topological polar surface area (TPSA) is 29.6 Å². The Balaban J connectivity index is 2.10. The van der Waals surface area contributed by atoms with Crippen LogP contribution in [0.4, 0.5) is 0 Å². The van der Waals surface area contributed by atoms with E-state index in [1.807, 2.05) is 41.9 Å². The van der Waals surface area contributed by atoms with Crippen molar-refractivity contribution in [1.29, 1.82) is 0 Å². The van der Waals surface area contributed by atoms with Crippen molar-refractivity contribution < 1.29 is 0 Å². The van der Waals surface area contributed by atoms with Gasteiger partial charge in [-0.05, 0) is 24.6 Å². The fourth-order valence-corrected chi connectivity index (χ4v) is 3.32. The van der Waals surface area contributed by atoms with Gasteiger partial charge >= 0.3 is 0 Å². The van der Waals surface area contributed by atoms with Crippen molar-refractivity contribution in [3.8, 4) is 11.3 Å². The molecule has 0 N–H and O–H groups in total. The maximum atomic E-state index is 4.80. The van der Waals surface area contributed by atoms with E-state index in [9.17, 15) is 0 Å². The molecule has 0 amide bonds. The van der Waals surface area contributed by atoms with E-state index in [1.54, 1.807) is 18.4 Å². The van der Waals surface area contributed by atoms with Crippen LogP contribution < -0.4 is 4.80 Å². The third kappa shape index (κ3) is 3.51. The van der Waals surface area contributed by atoms with Gasteiger partial charge in [0.05, 0.1) is 11.4 Å². The number of hydrogen-bond donors (Lipinski definition) is 0. The molecule has 0 atom stereocenters. The minimum absolute atomic E-state index is 0.875. The highest BCUT2D eigenvalue weighted by Crippen LogP contribution is 2.20. The number of nitrogens with zero attached hydrogens (tertiary/aromatic N) is 3. The van der Waals surface area contributed by atoms with Crippen LogP contribution in [-0.4, -0.2) is 17.4 Å². The minimum Gasteiger partial charge on any atom is -0.261 e. The van der Waals surface area contributed by atoms with E-state index in [2.05, 4.69) is 50.6 Å². The molecule has 2 aromatic carbocycles. The molecule has 0 aliphatic heterocycles. The summed E-state index contributed by atoms with van der Waals surface area (Å²) in [5.74, 6) is 0. The number of halogens is 1. The molecule has 0 saturated heterocycles. The summed E-state index contributed by atoms with van der Waals surface area (Å²) < 4.78 is 2.98. The van der Waals surface area contributed by atoms with Gasteiger partial charge in [-0.3, -0.25) is 4.99 Å². The van der Waals surface area contributed by atoms with E-state index in [-0.39, 0.29) is 0 Å². The van der Waals surface area contributed by atoms with E-state index in [4.69, 9.17) is 5.10 Å². The second-order valence-electron chi connectivity index (χ2n) is 5.00. The van der Waals surface area contributed by atoms with Crippen molar-refractivity contribution in [1.82, 2.24) is 4.68 Å². The highest BCUT2D eigenvalue weighted by Gasteiger charge is 2.08. The predicted octanol–water partition coefficient (Wildman–Crippen LogP) is 4.78. The molecule has 1 heterocycles. The van der Waals surface area contributed by atoms with Crippen LogP contribution in [0.3, 0.4) is 0 Å². The Morgan fingerprint density at radius 3 is 2.39 bits per heavy atom. The Labute approximate surface area is 147 Å². The van der Waals surface area contributed by atoms with E-state index < -0.39 is 0 Å². The average Bonchev–Trinajstić information content (AvgIpc) is 2.99. The quantitative estimate of drug-likeness (QED) is 0.580. The fourth-order valence-electron chi connectivity index (χ4n) is 2.25. The molecule has 5 heteroatoms. The summed E-state index contributed by atoms with van der Waals surface area (Å²) in [4.78, 5) is 5.22. The molecule has 0 aliphatic carbocycles. The van der Waals surface area contributed by atoms with Crippen LogP contribution in [0.15, 0.2) is 74.5 Å². The van der Waals surface area contributed by atoms with Crippen LogP contribution in [0.2, 0.25) is 0 Å². The molecule has 0 spiro atoms. The lowest BCUT2D eigenvalue weighted by atomic mass is 10.1. The number of rotatable bonds is 3. The zero-order valence-electron chi connectivity index (χ0n) is 12.9. The summed E-state index contributed by atoms with van der Waals surface area (Å²) in [6.07, 6.45) is 0. The van der Waals surface area contributed by atoms with Crippen molar-refractivity contribution in [3.05, 3.63) is 74.8 Å². The third-order valence-electron chi connectivity index (χ3n) is 3.46.